The van der Waals surface area contributed by atoms with Gasteiger partial charge in [-0.05, 0) is 91.7 Å². The first-order valence-electron chi connectivity index (χ1n) is 8.93. The van der Waals surface area contributed by atoms with Gasteiger partial charge in [-0.15, -0.1) is 0 Å². The number of hydrogen-bond acceptors (Lipinski definition) is 3. The standard InChI is InChI=1S/C21H23F3INO3/c1-20(2,3)29-19(27)26(4)12-11-14-5-10-18(17(25)13-14)28-16-8-6-15(7-9-16)21(22,23)24/h5-10,13H,11-12H2,1-4H3. The number of ether oxygens (including phenoxy) is 2. The van der Waals surface area contributed by atoms with Crippen LogP contribution >= 0.6 is 22.6 Å². The molecule has 0 aliphatic rings. The van der Waals surface area contributed by atoms with Gasteiger partial charge in [0.05, 0.1) is 9.13 Å². The molecule has 8 heteroatoms. The fourth-order valence-corrected chi connectivity index (χ4v) is 3.04. The van der Waals surface area contributed by atoms with Crippen molar-refractivity contribution in [1.82, 2.24) is 4.90 Å². The second-order valence-electron chi connectivity index (χ2n) is 7.54. The average Bonchev–Trinajstić information content (AvgIpc) is 2.60. The molecule has 158 valence electrons. The van der Waals surface area contributed by atoms with Gasteiger partial charge in [0, 0.05) is 13.6 Å². The Morgan fingerprint density at radius 2 is 1.69 bits per heavy atom. The van der Waals surface area contributed by atoms with Crippen LogP contribution in [0.5, 0.6) is 11.5 Å². The van der Waals surface area contributed by atoms with E-state index in [2.05, 4.69) is 22.6 Å². The van der Waals surface area contributed by atoms with Crippen molar-refractivity contribution in [3.8, 4) is 11.5 Å². The van der Waals surface area contributed by atoms with Crippen LogP contribution < -0.4 is 4.74 Å². The summed E-state index contributed by atoms with van der Waals surface area (Å²) in [6.07, 6.45) is -4.12. The molecule has 0 saturated carbocycles. The molecule has 0 aliphatic carbocycles. The number of amides is 1. The molecule has 0 saturated heterocycles. The molecule has 2 rings (SSSR count). The Balaban J connectivity index is 1.97. The van der Waals surface area contributed by atoms with E-state index >= 15 is 0 Å². The summed E-state index contributed by atoms with van der Waals surface area (Å²) >= 11 is 2.11. The number of benzene rings is 2. The third-order valence-electron chi connectivity index (χ3n) is 3.85. The number of carbonyl (C=O) groups excluding carboxylic acids is 1. The molecular formula is C21H23F3INO3. The van der Waals surface area contributed by atoms with Gasteiger partial charge >= 0.3 is 12.3 Å². The number of rotatable bonds is 5. The Hall–Kier alpha value is -1.97. The molecule has 0 bridgehead atoms. The van der Waals surface area contributed by atoms with E-state index in [1.165, 1.54) is 17.0 Å². The number of likely N-dealkylation sites (N-methyl/N-ethyl adjacent to an activating group) is 1. The third kappa shape index (κ3) is 7.41. The van der Waals surface area contributed by atoms with E-state index in [1.54, 1.807) is 13.1 Å². The highest BCUT2D eigenvalue weighted by Crippen LogP contribution is 2.32. The van der Waals surface area contributed by atoms with Gasteiger partial charge in [-0.3, -0.25) is 0 Å². The summed E-state index contributed by atoms with van der Waals surface area (Å²) in [4.78, 5) is 13.5. The summed E-state index contributed by atoms with van der Waals surface area (Å²) < 4.78 is 49.8. The van der Waals surface area contributed by atoms with Crippen LogP contribution in [0.25, 0.3) is 0 Å². The van der Waals surface area contributed by atoms with Gasteiger partial charge in [-0.1, -0.05) is 6.07 Å². The monoisotopic (exact) mass is 521 g/mol. The number of halogens is 4. The van der Waals surface area contributed by atoms with Crippen LogP contribution in [0.15, 0.2) is 42.5 Å². The van der Waals surface area contributed by atoms with E-state index in [-0.39, 0.29) is 6.09 Å². The number of carbonyl (C=O) groups is 1. The molecule has 0 aliphatic heterocycles. The first-order valence-corrected chi connectivity index (χ1v) is 10.0. The molecule has 0 unspecified atom stereocenters. The summed E-state index contributed by atoms with van der Waals surface area (Å²) in [5.41, 5.74) is -0.258. The second kappa shape index (κ2) is 9.23. The zero-order chi connectivity index (χ0) is 21.8. The van der Waals surface area contributed by atoms with Crippen molar-refractivity contribution >= 4 is 28.7 Å². The summed E-state index contributed by atoms with van der Waals surface area (Å²) in [5.74, 6) is 0.878. The van der Waals surface area contributed by atoms with Crippen molar-refractivity contribution in [2.45, 2.75) is 39.0 Å². The van der Waals surface area contributed by atoms with Crippen LogP contribution in [-0.2, 0) is 17.3 Å². The molecular weight excluding hydrogens is 498 g/mol. The largest absolute Gasteiger partial charge is 0.456 e. The fraction of sp³-hybridized carbons (Fsp3) is 0.381. The molecule has 29 heavy (non-hydrogen) atoms. The summed E-state index contributed by atoms with van der Waals surface area (Å²) in [6, 6.07) is 10.1. The van der Waals surface area contributed by atoms with Crippen molar-refractivity contribution in [3.05, 3.63) is 57.2 Å². The molecule has 0 aromatic heterocycles. The summed E-state index contributed by atoms with van der Waals surface area (Å²) in [6.45, 7) is 5.94. The smallest absolute Gasteiger partial charge is 0.416 e. The first-order chi connectivity index (χ1) is 13.3. The third-order valence-corrected chi connectivity index (χ3v) is 4.69. The molecule has 0 fully saturated rings. The van der Waals surface area contributed by atoms with E-state index < -0.39 is 17.3 Å². The van der Waals surface area contributed by atoms with Crippen LogP contribution in [0.3, 0.4) is 0 Å². The Morgan fingerprint density at radius 3 is 2.21 bits per heavy atom. The topological polar surface area (TPSA) is 38.8 Å². The molecule has 0 N–H and O–H groups in total. The maximum Gasteiger partial charge on any atom is 0.416 e. The first kappa shape index (κ1) is 23.3. The van der Waals surface area contributed by atoms with Crippen LogP contribution in [0, 0.1) is 3.57 Å². The van der Waals surface area contributed by atoms with Crippen molar-refractivity contribution < 1.29 is 27.4 Å². The van der Waals surface area contributed by atoms with E-state index in [4.69, 9.17) is 9.47 Å². The lowest BCUT2D eigenvalue weighted by atomic mass is 10.1. The van der Waals surface area contributed by atoms with Crippen LogP contribution in [0.1, 0.15) is 31.9 Å². The highest BCUT2D eigenvalue weighted by molar-refractivity contribution is 14.1. The predicted octanol–water partition coefficient (Wildman–Crippen LogP) is 6.51. The Bertz CT molecular complexity index is 846. The van der Waals surface area contributed by atoms with E-state index in [0.717, 1.165) is 21.3 Å². The second-order valence-corrected chi connectivity index (χ2v) is 8.70. The quantitative estimate of drug-likeness (QED) is 0.421. The molecule has 2 aromatic rings. The molecule has 0 radical (unpaired) electrons. The Morgan fingerprint density at radius 1 is 1.07 bits per heavy atom. The van der Waals surface area contributed by atoms with Gasteiger partial charge in [0.1, 0.15) is 17.1 Å². The van der Waals surface area contributed by atoms with Gasteiger partial charge < -0.3 is 14.4 Å². The van der Waals surface area contributed by atoms with Gasteiger partial charge in [0.2, 0.25) is 0 Å². The molecule has 0 atom stereocenters. The molecule has 4 nitrogen and oxygen atoms in total. The van der Waals surface area contributed by atoms with Crippen LogP contribution in [-0.4, -0.2) is 30.2 Å². The number of alkyl halides is 3. The fourth-order valence-electron chi connectivity index (χ4n) is 2.35. The molecule has 0 heterocycles. The van der Waals surface area contributed by atoms with Gasteiger partial charge in [-0.2, -0.15) is 13.2 Å². The van der Waals surface area contributed by atoms with Crippen LogP contribution in [0.4, 0.5) is 18.0 Å². The van der Waals surface area contributed by atoms with Crippen molar-refractivity contribution in [2.75, 3.05) is 13.6 Å². The van der Waals surface area contributed by atoms with Gasteiger partial charge in [0.15, 0.2) is 0 Å². The minimum absolute atomic E-state index is 0.327. The lowest BCUT2D eigenvalue weighted by Crippen LogP contribution is -2.35. The van der Waals surface area contributed by atoms with Crippen molar-refractivity contribution in [3.63, 3.8) is 0 Å². The molecule has 0 spiro atoms. The van der Waals surface area contributed by atoms with Crippen LogP contribution in [0.2, 0.25) is 0 Å². The van der Waals surface area contributed by atoms with Gasteiger partial charge in [0.25, 0.3) is 0 Å². The highest BCUT2D eigenvalue weighted by Gasteiger charge is 2.30. The summed E-state index contributed by atoms with van der Waals surface area (Å²) in [7, 11) is 1.68. The maximum absolute atomic E-state index is 12.6. The van der Waals surface area contributed by atoms with Crippen molar-refractivity contribution in [2.24, 2.45) is 0 Å². The number of hydrogen-bond donors (Lipinski definition) is 0. The molecule has 2 aromatic carbocycles. The lowest BCUT2D eigenvalue weighted by Gasteiger charge is -2.24. The van der Waals surface area contributed by atoms with E-state index in [1.807, 2.05) is 32.9 Å². The lowest BCUT2D eigenvalue weighted by molar-refractivity contribution is -0.137. The zero-order valence-electron chi connectivity index (χ0n) is 16.6. The highest BCUT2D eigenvalue weighted by atomic mass is 127. The average molecular weight is 521 g/mol. The predicted molar refractivity (Wildman–Crippen MR) is 113 cm³/mol. The Kier molecular flexibility index (Phi) is 7.42. The van der Waals surface area contributed by atoms with E-state index in [0.29, 0.717) is 24.5 Å². The normalized spacial score (nSPS) is 11.9. The maximum atomic E-state index is 12.6. The minimum Gasteiger partial charge on any atom is -0.456 e. The zero-order valence-corrected chi connectivity index (χ0v) is 18.8. The van der Waals surface area contributed by atoms with Gasteiger partial charge in [-0.25, -0.2) is 4.79 Å². The SMILES string of the molecule is CN(CCc1ccc(Oc2ccc(C(F)(F)F)cc2)c(I)c1)C(=O)OC(C)(C)C. The van der Waals surface area contributed by atoms with E-state index in [9.17, 15) is 18.0 Å². The Labute approximate surface area is 182 Å². The number of nitrogens with zero attached hydrogens (tertiary/aromatic N) is 1. The van der Waals surface area contributed by atoms with Crippen molar-refractivity contribution in [1.29, 1.82) is 0 Å². The summed E-state index contributed by atoms with van der Waals surface area (Å²) in [5, 5.41) is 0. The minimum atomic E-state index is -4.37. The molecule has 1 amide bonds.